The largest absolute Gasteiger partial charge is 0.313 e. The summed E-state index contributed by atoms with van der Waals surface area (Å²) in [4.78, 5) is 5.96. The Morgan fingerprint density at radius 3 is 2.58 bits per heavy atom. The second-order valence-electron chi connectivity index (χ2n) is 4.80. The van der Waals surface area contributed by atoms with Crippen LogP contribution in [0.25, 0.3) is 0 Å². The number of halogens is 1. The molecule has 0 aliphatic rings. The summed E-state index contributed by atoms with van der Waals surface area (Å²) in [6.45, 7) is 6.37. The van der Waals surface area contributed by atoms with Crippen molar-refractivity contribution in [2.24, 2.45) is 0 Å². The molecule has 0 radical (unpaired) electrons. The standard InChI is InChI=1S/C15H19BrN2S/c1-9-7-12(16)5-6-13(9)14(17-4)8-15-18-10(2)11(3)19-15/h5-7,14,17H,8H2,1-4H3. The molecular weight excluding hydrogens is 320 g/mol. The number of aryl methyl sites for hydroxylation is 3. The first-order valence-corrected chi connectivity index (χ1v) is 7.98. The SMILES string of the molecule is CNC(Cc1nc(C)c(C)s1)c1ccc(Br)cc1C. The van der Waals surface area contributed by atoms with Crippen LogP contribution in [0, 0.1) is 20.8 Å². The molecule has 0 fully saturated rings. The molecule has 1 N–H and O–H groups in total. The third kappa shape index (κ3) is 3.44. The summed E-state index contributed by atoms with van der Waals surface area (Å²) < 4.78 is 1.13. The van der Waals surface area contributed by atoms with E-state index in [1.54, 1.807) is 11.3 Å². The number of likely N-dealkylation sites (N-methyl/N-ethyl adjacent to an activating group) is 1. The van der Waals surface area contributed by atoms with E-state index in [4.69, 9.17) is 0 Å². The van der Waals surface area contributed by atoms with Crippen LogP contribution in [0.2, 0.25) is 0 Å². The van der Waals surface area contributed by atoms with Crippen molar-refractivity contribution in [3.63, 3.8) is 0 Å². The molecule has 1 aromatic carbocycles. The Bertz CT molecular complexity index is 558. The third-order valence-corrected chi connectivity index (χ3v) is 5.00. The molecule has 1 unspecified atom stereocenters. The normalized spacial score (nSPS) is 12.7. The van der Waals surface area contributed by atoms with E-state index in [0.717, 1.165) is 16.6 Å². The maximum atomic E-state index is 4.64. The fourth-order valence-corrected chi connectivity index (χ4v) is 3.65. The summed E-state index contributed by atoms with van der Waals surface area (Å²) in [6, 6.07) is 6.77. The smallest absolute Gasteiger partial charge is 0.0949 e. The van der Waals surface area contributed by atoms with E-state index in [1.807, 2.05) is 7.05 Å². The van der Waals surface area contributed by atoms with E-state index in [1.165, 1.54) is 21.0 Å². The molecule has 0 spiro atoms. The van der Waals surface area contributed by atoms with Crippen molar-refractivity contribution in [3.05, 3.63) is 49.4 Å². The van der Waals surface area contributed by atoms with Gasteiger partial charge in [-0.2, -0.15) is 0 Å². The van der Waals surface area contributed by atoms with Crippen LogP contribution < -0.4 is 5.32 Å². The van der Waals surface area contributed by atoms with Gasteiger partial charge in [-0.15, -0.1) is 11.3 Å². The van der Waals surface area contributed by atoms with Gasteiger partial charge in [-0.1, -0.05) is 22.0 Å². The Morgan fingerprint density at radius 1 is 1.32 bits per heavy atom. The fourth-order valence-electron chi connectivity index (χ4n) is 2.20. The van der Waals surface area contributed by atoms with E-state index in [0.29, 0.717) is 6.04 Å². The number of aromatic nitrogens is 1. The van der Waals surface area contributed by atoms with Gasteiger partial charge in [0.15, 0.2) is 0 Å². The van der Waals surface area contributed by atoms with E-state index in [-0.39, 0.29) is 0 Å². The number of nitrogens with one attached hydrogen (secondary N) is 1. The van der Waals surface area contributed by atoms with Crippen LogP contribution in [-0.2, 0) is 6.42 Å². The van der Waals surface area contributed by atoms with Gasteiger partial charge in [0.25, 0.3) is 0 Å². The molecule has 0 aliphatic heterocycles. The number of nitrogens with zero attached hydrogens (tertiary/aromatic N) is 1. The number of hydrogen-bond acceptors (Lipinski definition) is 3. The molecule has 0 aliphatic carbocycles. The summed E-state index contributed by atoms with van der Waals surface area (Å²) in [5, 5.41) is 4.61. The second kappa shape index (κ2) is 6.16. The summed E-state index contributed by atoms with van der Waals surface area (Å²) in [5.41, 5.74) is 3.80. The van der Waals surface area contributed by atoms with Gasteiger partial charge in [0.2, 0.25) is 0 Å². The molecule has 102 valence electrons. The van der Waals surface area contributed by atoms with Gasteiger partial charge < -0.3 is 5.32 Å². The highest BCUT2D eigenvalue weighted by molar-refractivity contribution is 9.10. The van der Waals surface area contributed by atoms with Gasteiger partial charge in [0.1, 0.15) is 0 Å². The molecule has 1 heterocycles. The summed E-state index contributed by atoms with van der Waals surface area (Å²) >= 11 is 5.32. The lowest BCUT2D eigenvalue weighted by atomic mass is 9.99. The molecule has 0 saturated heterocycles. The molecule has 2 rings (SSSR count). The monoisotopic (exact) mass is 338 g/mol. The third-order valence-electron chi connectivity index (χ3n) is 3.41. The topological polar surface area (TPSA) is 24.9 Å². The Balaban J connectivity index is 2.24. The molecule has 1 aromatic heterocycles. The molecule has 2 nitrogen and oxygen atoms in total. The highest BCUT2D eigenvalue weighted by Gasteiger charge is 2.15. The highest BCUT2D eigenvalue weighted by atomic mass is 79.9. The second-order valence-corrected chi connectivity index (χ2v) is 7.00. The van der Waals surface area contributed by atoms with Gasteiger partial charge in [-0.05, 0) is 51.1 Å². The van der Waals surface area contributed by atoms with Crippen LogP contribution in [0.4, 0.5) is 0 Å². The summed E-state index contributed by atoms with van der Waals surface area (Å²) in [7, 11) is 2.01. The summed E-state index contributed by atoms with van der Waals surface area (Å²) in [6.07, 6.45) is 0.943. The van der Waals surface area contributed by atoms with Gasteiger partial charge >= 0.3 is 0 Å². The van der Waals surface area contributed by atoms with Crippen molar-refractivity contribution < 1.29 is 0 Å². The minimum atomic E-state index is 0.318. The Hall–Kier alpha value is -0.710. The van der Waals surface area contributed by atoms with Gasteiger partial charge in [-0.3, -0.25) is 0 Å². The van der Waals surface area contributed by atoms with Crippen molar-refractivity contribution in [2.75, 3.05) is 7.05 Å². The van der Waals surface area contributed by atoms with E-state index in [9.17, 15) is 0 Å². The van der Waals surface area contributed by atoms with Gasteiger partial charge in [0.05, 0.1) is 10.7 Å². The minimum Gasteiger partial charge on any atom is -0.313 e. The van der Waals surface area contributed by atoms with Crippen LogP contribution in [0.5, 0.6) is 0 Å². The van der Waals surface area contributed by atoms with Crippen LogP contribution in [0.1, 0.15) is 32.7 Å². The van der Waals surface area contributed by atoms with Gasteiger partial charge in [-0.25, -0.2) is 4.98 Å². The molecule has 1 atom stereocenters. The molecular formula is C15H19BrN2S. The predicted octanol–water partition coefficient (Wildman–Crippen LogP) is 4.33. The molecule has 0 bridgehead atoms. The summed E-state index contributed by atoms with van der Waals surface area (Å²) in [5.74, 6) is 0. The quantitative estimate of drug-likeness (QED) is 0.897. The van der Waals surface area contributed by atoms with E-state index in [2.05, 4.69) is 65.2 Å². The van der Waals surface area contributed by atoms with Gasteiger partial charge in [0, 0.05) is 21.8 Å². The first-order chi connectivity index (χ1) is 9.01. The molecule has 0 amide bonds. The molecule has 4 heteroatoms. The molecule has 0 saturated carbocycles. The van der Waals surface area contributed by atoms with Crippen LogP contribution in [0.3, 0.4) is 0 Å². The molecule has 19 heavy (non-hydrogen) atoms. The first kappa shape index (κ1) is 14.7. The van der Waals surface area contributed by atoms with Crippen LogP contribution in [0.15, 0.2) is 22.7 Å². The van der Waals surface area contributed by atoms with Crippen LogP contribution in [-0.4, -0.2) is 12.0 Å². The zero-order valence-corrected chi connectivity index (χ0v) is 14.2. The van der Waals surface area contributed by atoms with Crippen LogP contribution >= 0.6 is 27.3 Å². The van der Waals surface area contributed by atoms with Crippen molar-refractivity contribution in [3.8, 4) is 0 Å². The predicted molar refractivity (Wildman–Crippen MR) is 86.0 cm³/mol. The fraction of sp³-hybridized carbons (Fsp3) is 0.400. The maximum Gasteiger partial charge on any atom is 0.0949 e. The number of benzene rings is 1. The van der Waals surface area contributed by atoms with Crippen molar-refractivity contribution in [1.82, 2.24) is 10.3 Å². The average Bonchev–Trinajstić information content (AvgIpc) is 2.66. The number of rotatable bonds is 4. The first-order valence-electron chi connectivity index (χ1n) is 6.37. The Kier molecular flexibility index (Phi) is 4.76. The Labute approximate surface area is 127 Å². The lowest BCUT2D eigenvalue weighted by molar-refractivity contribution is 0.587. The van der Waals surface area contributed by atoms with Crippen molar-refractivity contribution in [2.45, 2.75) is 33.2 Å². The van der Waals surface area contributed by atoms with Crippen molar-refractivity contribution in [1.29, 1.82) is 0 Å². The average molecular weight is 339 g/mol. The molecule has 2 aromatic rings. The minimum absolute atomic E-state index is 0.318. The lowest BCUT2D eigenvalue weighted by Crippen LogP contribution is -2.19. The van der Waals surface area contributed by atoms with E-state index < -0.39 is 0 Å². The Morgan fingerprint density at radius 2 is 2.05 bits per heavy atom. The lowest BCUT2D eigenvalue weighted by Gasteiger charge is -2.18. The number of thiazole rings is 1. The number of hydrogen-bond donors (Lipinski definition) is 1. The maximum absolute atomic E-state index is 4.64. The van der Waals surface area contributed by atoms with E-state index >= 15 is 0 Å². The van der Waals surface area contributed by atoms with Crippen molar-refractivity contribution >= 4 is 27.3 Å². The zero-order valence-electron chi connectivity index (χ0n) is 11.7. The highest BCUT2D eigenvalue weighted by Crippen LogP contribution is 2.26. The zero-order chi connectivity index (χ0) is 14.0.